The highest BCUT2D eigenvalue weighted by Crippen LogP contribution is 2.24. The predicted molar refractivity (Wildman–Crippen MR) is 113 cm³/mol. The first kappa shape index (κ1) is 19.5. The van der Waals surface area contributed by atoms with E-state index in [2.05, 4.69) is 22.9 Å². The van der Waals surface area contributed by atoms with Crippen LogP contribution in [0.1, 0.15) is 38.2 Å². The van der Waals surface area contributed by atoms with Crippen molar-refractivity contribution in [2.24, 2.45) is 0 Å². The Labute approximate surface area is 165 Å². The molecule has 0 atom stereocenters. The van der Waals surface area contributed by atoms with E-state index in [9.17, 15) is 4.79 Å². The molecule has 0 radical (unpaired) electrons. The number of amides is 1. The summed E-state index contributed by atoms with van der Waals surface area (Å²) in [7, 11) is 0. The van der Waals surface area contributed by atoms with Crippen LogP contribution in [-0.2, 0) is 17.9 Å². The second-order valence-electron chi connectivity index (χ2n) is 6.65. The van der Waals surface area contributed by atoms with Gasteiger partial charge in [-0.15, -0.1) is 0 Å². The molecule has 1 aromatic heterocycles. The molecule has 0 bridgehead atoms. The summed E-state index contributed by atoms with van der Waals surface area (Å²) in [6, 6.07) is 18.2. The van der Waals surface area contributed by atoms with Gasteiger partial charge in [0.05, 0.1) is 16.8 Å². The smallest absolute Gasteiger partial charge is 0.230 e. The van der Waals surface area contributed by atoms with Gasteiger partial charge in [0.25, 0.3) is 0 Å². The molecule has 0 spiro atoms. The van der Waals surface area contributed by atoms with Gasteiger partial charge in [0.1, 0.15) is 0 Å². The van der Waals surface area contributed by atoms with Crippen molar-refractivity contribution in [3.8, 4) is 0 Å². The van der Waals surface area contributed by atoms with Crippen LogP contribution in [0.15, 0.2) is 59.8 Å². The number of aromatic nitrogens is 2. The molecule has 2 aromatic carbocycles. The maximum absolute atomic E-state index is 12.2. The number of aryl methyl sites for hydroxylation is 1. The van der Waals surface area contributed by atoms with E-state index in [1.165, 1.54) is 31.0 Å². The van der Waals surface area contributed by atoms with Crippen molar-refractivity contribution in [1.29, 1.82) is 0 Å². The number of nitrogens with one attached hydrogen (secondary N) is 1. The molecular weight excluding hydrogens is 354 g/mol. The fourth-order valence-corrected chi connectivity index (χ4v) is 3.92. The Balaban J connectivity index is 1.60. The van der Waals surface area contributed by atoms with E-state index in [1.807, 2.05) is 48.5 Å². The molecule has 0 aliphatic heterocycles. The van der Waals surface area contributed by atoms with E-state index in [0.717, 1.165) is 34.7 Å². The van der Waals surface area contributed by atoms with Gasteiger partial charge < -0.3 is 9.88 Å². The van der Waals surface area contributed by atoms with Crippen molar-refractivity contribution in [3.63, 3.8) is 0 Å². The number of fused-ring (bicyclic) bond motifs is 1. The number of carbonyl (C=O) groups excluding carboxylic acids is 1. The molecule has 0 saturated carbocycles. The topological polar surface area (TPSA) is 46.9 Å². The quantitative estimate of drug-likeness (QED) is 0.396. The van der Waals surface area contributed by atoms with Gasteiger partial charge in [0.15, 0.2) is 5.16 Å². The highest BCUT2D eigenvalue weighted by molar-refractivity contribution is 7.99. The van der Waals surface area contributed by atoms with Crippen LogP contribution >= 0.6 is 11.8 Å². The minimum atomic E-state index is 0.0356. The van der Waals surface area contributed by atoms with Crippen molar-refractivity contribution in [1.82, 2.24) is 14.9 Å². The molecule has 0 aliphatic carbocycles. The van der Waals surface area contributed by atoms with Gasteiger partial charge in [-0.1, -0.05) is 80.4 Å². The Morgan fingerprint density at radius 3 is 2.63 bits per heavy atom. The fourth-order valence-electron chi connectivity index (χ4n) is 3.05. The lowest BCUT2D eigenvalue weighted by Crippen LogP contribution is -2.24. The minimum absolute atomic E-state index is 0.0356. The molecule has 1 N–H and O–H groups in total. The first-order valence-electron chi connectivity index (χ1n) is 9.66. The number of thioether (sulfide) groups is 1. The number of imidazole rings is 1. The molecular formula is C22H27N3OS. The van der Waals surface area contributed by atoms with Crippen LogP contribution in [0.25, 0.3) is 11.0 Å². The lowest BCUT2D eigenvalue weighted by Gasteiger charge is -2.09. The normalized spacial score (nSPS) is 11.0. The second-order valence-corrected chi connectivity index (χ2v) is 7.59. The van der Waals surface area contributed by atoms with Crippen LogP contribution in [0.2, 0.25) is 0 Å². The van der Waals surface area contributed by atoms with Crippen molar-refractivity contribution in [2.45, 2.75) is 50.9 Å². The summed E-state index contributed by atoms with van der Waals surface area (Å²) in [5.74, 6) is 0.416. The maximum atomic E-state index is 12.2. The van der Waals surface area contributed by atoms with Gasteiger partial charge >= 0.3 is 0 Å². The minimum Gasteiger partial charge on any atom is -0.351 e. The molecule has 27 heavy (non-hydrogen) atoms. The summed E-state index contributed by atoms with van der Waals surface area (Å²) in [5.41, 5.74) is 3.26. The molecule has 0 saturated heterocycles. The number of carbonyl (C=O) groups is 1. The maximum Gasteiger partial charge on any atom is 0.230 e. The number of unbranched alkanes of at least 4 members (excludes halogenated alkanes) is 3. The first-order valence-corrected chi connectivity index (χ1v) is 10.6. The first-order chi connectivity index (χ1) is 13.3. The Morgan fingerprint density at radius 2 is 1.81 bits per heavy atom. The van der Waals surface area contributed by atoms with E-state index >= 15 is 0 Å². The van der Waals surface area contributed by atoms with Gasteiger partial charge in [0, 0.05) is 13.1 Å². The van der Waals surface area contributed by atoms with E-state index in [-0.39, 0.29) is 5.91 Å². The number of hydrogen-bond acceptors (Lipinski definition) is 3. The number of hydrogen-bond donors (Lipinski definition) is 1. The van der Waals surface area contributed by atoms with E-state index < -0.39 is 0 Å². The summed E-state index contributed by atoms with van der Waals surface area (Å²) in [6.45, 7) is 3.74. The third kappa shape index (κ3) is 5.60. The Hall–Kier alpha value is -2.27. The standard InChI is InChI=1S/C22H27N3OS/c1-2-3-4-10-15-25-20-14-9-8-13-19(20)24-22(25)27-17-21(26)23-16-18-11-6-5-7-12-18/h5-9,11-14H,2-4,10,15-17H2,1H3,(H,23,26). The predicted octanol–water partition coefficient (Wildman–Crippen LogP) is 5.03. The van der Waals surface area contributed by atoms with Gasteiger partial charge in [0.2, 0.25) is 5.91 Å². The average molecular weight is 382 g/mol. The summed E-state index contributed by atoms with van der Waals surface area (Å²) in [5, 5.41) is 3.92. The third-order valence-electron chi connectivity index (χ3n) is 4.52. The van der Waals surface area contributed by atoms with Crippen LogP contribution in [0.4, 0.5) is 0 Å². The number of rotatable bonds is 10. The molecule has 0 fully saturated rings. The molecule has 3 rings (SSSR count). The van der Waals surface area contributed by atoms with Crippen LogP contribution in [0.5, 0.6) is 0 Å². The number of benzene rings is 2. The van der Waals surface area contributed by atoms with E-state index in [0.29, 0.717) is 12.3 Å². The van der Waals surface area contributed by atoms with Crippen molar-refractivity contribution in [2.75, 3.05) is 5.75 Å². The zero-order valence-corrected chi connectivity index (χ0v) is 16.7. The Bertz CT molecular complexity index is 860. The van der Waals surface area contributed by atoms with Crippen LogP contribution < -0.4 is 5.32 Å². The van der Waals surface area contributed by atoms with Crippen LogP contribution in [0.3, 0.4) is 0 Å². The summed E-state index contributed by atoms with van der Waals surface area (Å²) in [6.07, 6.45) is 4.86. The SMILES string of the molecule is CCCCCCn1c(SCC(=O)NCc2ccccc2)nc2ccccc21. The van der Waals surface area contributed by atoms with Crippen molar-refractivity contribution in [3.05, 3.63) is 60.2 Å². The Morgan fingerprint density at radius 1 is 1.04 bits per heavy atom. The average Bonchev–Trinajstić information content (AvgIpc) is 3.06. The molecule has 0 aliphatic rings. The van der Waals surface area contributed by atoms with E-state index in [1.54, 1.807) is 0 Å². The van der Waals surface area contributed by atoms with Crippen molar-refractivity contribution >= 4 is 28.7 Å². The highest BCUT2D eigenvalue weighted by Gasteiger charge is 2.12. The molecule has 1 heterocycles. The van der Waals surface area contributed by atoms with Gasteiger partial charge in [-0.05, 0) is 24.1 Å². The molecule has 3 aromatic rings. The lowest BCUT2D eigenvalue weighted by molar-refractivity contribution is -0.118. The molecule has 142 valence electrons. The largest absolute Gasteiger partial charge is 0.351 e. The van der Waals surface area contributed by atoms with Gasteiger partial charge in [-0.3, -0.25) is 4.79 Å². The molecule has 4 nitrogen and oxygen atoms in total. The molecule has 0 unspecified atom stereocenters. The molecule has 5 heteroatoms. The fraction of sp³-hybridized carbons (Fsp3) is 0.364. The summed E-state index contributed by atoms with van der Waals surface area (Å²) >= 11 is 1.52. The van der Waals surface area contributed by atoms with Gasteiger partial charge in [-0.2, -0.15) is 0 Å². The summed E-state index contributed by atoms with van der Waals surface area (Å²) in [4.78, 5) is 17.0. The van der Waals surface area contributed by atoms with Gasteiger partial charge in [-0.25, -0.2) is 4.98 Å². The van der Waals surface area contributed by atoms with E-state index in [4.69, 9.17) is 4.98 Å². The zero-order chi connectivity index (χ0) is 18.9. The number of nitrogens with zero attached hydrogens (tertiary/aromatic N) is 2. The highest BCUT2D eigenvalue weighted by atomic mass is 32.2. The summed E-state index contributed by atoms with van der Waals surface area (Å²) < 4.78 is 2.26. The van der Waals surface area contributed by atoms with Crippen molar-refractivity contribution < 1.29 is 4.79 Å². The third-order valence-corrected chi connectivity index (χ3v) is 5.50. The molecule has 1 amide bonds. The Kier molecular flexibility index (Phi) is 7.34. The van der Waals surface area contributed by atoms with Crippen LogP contribution in [-0.4, -0.2) is 21.2 Å². The second kappa shape index (κ2) is 10.2. The lowest BCUT2D eigenvalue weighted by atomic mass is 10.2. The monoisotopic (exact) mass is 381 g/mol. The van der Waals surface area contributed by atoms with Crippen LogP contribution in [0, 0.1) is 0 Å². The zero-order valence-electron chi connectivity index (χ0n) is 15.9. The number of para-hydroxylation sites is 2.